The van der Waals surface area contributed by atoms with E-state index in [1.165, 1.54) is 11.3 Å². The van der Waals surface area contributed by atoms with Crippen LogP contribution in [0.1, 0.15) is 16.0 Å². The molecule has 13 heavy (non-hydrogen) atoms. The van der Waals surface area contributed by atoms with E-state index in [0.717, 1.165) is 21.0 Å². The van der Waals surface area contributed by atoms with Crippen LogP contribution in [0.2, 0.25) is 0 Å². The minimum absolute atomic E-state index is 0.422. The van der Waals surface area contributed by atoms with Crippen LogP contribution in [0.15, 0.2) is 0 Å². The van der Waals surface area contributed by atoms with Gasteiger partial charge in [-0.25, -0.2) is 4.79 Å². The highest BCUT2D eigenvalue weighted by Gasteiger charge is 2.11. The summed E-state index contributed by atoms with van der Waals surface area (Å²) in [6, 6.07) is -0.545. The Morgan fingerprint density at radius 3 is 2.62 bits per heavy atom. The highest BCUT2D eigenvalue weighted by molar-refractivity contribution is 7.16. The molecule has 0 bridgehead atoms. The molecule has 4 nitrogen and oxygen atoms in total. The molecule has 5 heteroatoms. The van der Waals surface area contributed by atoms with E-state index in [2.05, 4.69) is 5.32 Å². The first kappa shape index (κ1) is 10.0. The van der Waals surface area contributed by atoms with E-state index < -0.39 is 6.03 Å². The molecule has 0 saturated carbocycles. The van der Waals surface area contributed by atoms with Crippen LogP contribution < -0.4 is 16.8 Å². The minimum atomic E-state index is -0.545. The fourth-order valence-corrected chi connectivity index (χ4v) is 2.23. The monoisotopic (exact) mass is 199 g/mol. The molecule has 72 valence electrons. The number of aryl methyl sites for hydroxylation is 1. The molecule has 0 atom stereocenters. The molecule has 0 spiro atoms. The molecule has 0 aliphatic carbocycles. The molecule has 0 fully saturated rings. The maximum Gasteiger partial charge on any atom is 0.317 e. The first-order chi connectivity index (χ1) is 6.06. The van der Waals surface area contributed by atoms with E-state index in [4.69, 9.17) is 11.5 Å². The second-order valence-corrected chi connectivity index (χ2v) is 4.01. The number of rotatable bonds is 2. The van der Waals surface area contributed by atoms with E-state index in [-0.39, 0.29) is 0 Å². The average molecular weight is 199 g/mol. The smallest absolute Gasteiger partial charge is 0.317 e. The van der Waals surface area contributed by atoms with Gasteiger partial charge in [-0.2, -0.15) is 0 Å². The summed E-state index contributed by atoms with van der Waals surface area (Å²) in [5, 5.41) is 3.33. The molecule has 1 aromatic rings. The summed E-state index contributed by atoms with van der Waals surface area (Å²) in [4.78, 5) is 11.8. The first-order valence-corrected chi connectivity index (χ1v) is 4.73. The van der Waals surface area contributed by atoms with Crippen molar-refractivity contribution in [2.24, 2.45) is 11.5 Å². The molecule has 2 amide bonds. The van der Waals surface area contributed by atoms with E-state index in [9.17, 15) is 4.79 Å². The van der Waals surface area contributed by atoms with Gasteiger partial charge in [0.2, 0.25) is 0 Å². The van der Waals surface area contributed by atoms with Crippen LogP contribution in [0.4, 0.5) is 9.80 Å². The highest BCUT2D eigenvalue weighted by Crippen LogP contribution is 2.31. The Balaban J connectivity index is 3.06. The number of carbonyl (C=O) groups is 1. The van der Waals surface area contributed by atoms with Crippen LogP contribution in [0.5, 0.6) is 0 Å². The molecule has 1 heterocycles. The summed E-state index contributed by atoms with van der Waals surface area (Å²) in [5.41, 5.74) is 12.7. The second-order valence-electron chi connectivity index (χ2n) is 2.78. The number of nitrogens with two attached hydrogens (primary N) is 2. The van der Waals surface area contributed by atoms with Crippen molar-refractivity contribution in [2.75, 3.05) is 5.32 Å². The van der Waals surface area contributed by atoms with Crippen LogP contribution in [-0.4, -0.2) is 6.03 Å². The number of amides is 2. The zero-order valence-corrected chi connectivity index (χ0v) is 8.49. The van der Waals surface area contributed by atoms with Crippen molar-refractivity contribution in [3.05, 3.63) is 16.0 Å². The number of urea groups is 1. The van der Waals surface area contributed by atoms with Gasteiger partial charge in [0, 0.05) is 17.0 Å². The summed E-state index contributed by atoms with van der Waals surface area (Å²) in [7, 11) is 0. The Morgan fingerprint density at radius 1 is 1.54 bits per heavy atom. The fourth-order valence-electron chi connectivity index (χ4n) is 1.13. The molecule has 1 aromatic heterocycles. The number of hydrogen-bond donors (Lipinski definition) is 3. The Bertz CT molecular complexity index is 332. The predicted molar refractivity (Wildman–Crippen MR) is 54.9 cm³/mol. The molecule has 0 saturated heterocycles. The summed E-state index contributed by atoms with van der Waals surface area (Å²) >= 11 is 1.50. The Kier molecular flexibility index (Phi) is 2.90. The average Bonchev–Trinajstić information content (AvgIpc) is 2.27. The zero-order chi connectivity index (χ0) is 10.0. The van der Waals surface area contributed by atoms with Crippen molar-refractivity contribution in [3.8, 4) is 0 Å². The molecule has 0 aromatic carbocycles. The maximum atomic E-state index is 10.6. The lowest BCUT2D eigenvalue weighted by molar-refractivity contribution is 0.259. The topological polar surface area (TPSA) is 81.1 Å². The lowest BCUT2D eigenvalue weighted by Crippen LogP contribution is -2.19. The number of hydrogen-bond acceptors (Lipinski definition) is 3. The van der Waals surface area contributed by atoms with Gasteiger partial charge in [0.1, 0.15) is 5.00 Å². The van der Waals surface area contributed by atoms with E-state index in [1.807, 2.05) is 13.8 Å². The third-order valence-electron chi connectivity index (χ3n) is 1.95. The minimum Gasteiger partial charge on any atom is -0.351 e. The van der Waals surface area contributed by atoms with Gasteiger partial charge in [0.05, 0.1) is 0 Å². The van der Waals surface area contributed by atoms with Crippen LogP contribution in [-0.2, 0) is 6.54 Å². The van der Waals surface area contributed by atoms with E-state index in [1.54, 1.807) is 0 Å². The molecule has 0 aliphatic rings. The van der Waals surface area contributed by atoms with Gasteiger partial charge < -0.3 is 11.5 Å². The Morgan fingerprint density at radius 2 is 2.15 bits per heavy atom. The summed E-state index contributed by atoms with van der Waals surface area (Å²) in [5.74, 6) is 0. The van der Waals surface area contributed by atoms with Crippen LogP contribution in [0, 0.1) is 13.8 Å². The van der Waals surface area contributed by atoms with Crippen molar-refractivity contribution in [1.82, 2.24) is 0 Å². The van der Waals surface area contributed by atoms with Gasteiger partial charge in [-0.15, -0.1) is 11.3 Å². The Labute approximate surface area is 80.9 Å². The van der Waals surface area contributed by atoms with Crippen LogP contribution in [0.25, 0.3) is 0 Å². The van der Waals surface area contributed by atoms with Crippen LogP contribution in [0.3, 0.4) is 0 Å². The second kappa shape index (κ2) is 3.76. The van der Waals surface area contributed by atoms with Gasteiger partial charge in [-0.3, -0.25) is 5.32 Å². The molecule has 0 aliphatic heterocycles. The number of thiophene rings is 1. The SMILES string of the molecule is Cc1sc(NC(N)=O)c(CN)c1C. The van der Waals surface area contributed by atoms with Crippen molar-refractivity contribution in [3.63, 3.8) is 0 Å². The van der Waals surface area contributed by atoms with Gasteiger partial charge >= 0.3 is 6.03 Å². The molecular weight excluding hydrogens is 186 g/mol. The summed E-state index contributed by atoms with van der Waals surface area (Å²) < 4.78 is 0. The quantitative estimate of drug-likeness (QED) is 0.671. The zero-order valence-electron chi connectivity index (χ0n) is 7.68. The van der Waals surface area contributed by atoms with Gasteiger partial charge in [-0.1, -0.05) is 0 Å². The standard InChI is InChI=1S/C8H13N3OS/c1-4-5(2)13-7(6(4)3-9)11-8(10)12/h3,9H2,1-2H3,(H3,10,11,12). The number of primary amides is 1. The predicted octanol–water partition coefficient (Wildman–Crippen LogP) is 1.31. The highest BCUT2D eigenvalue weighted by atomic mass is 32.1. The normalized spacial score (nSPS) is 10.1. The number of carbonyl (C=O) groups excluding carboxylic acids is 1. The molecule has 5 N–H and O–H groups in total. The molecular formula is C8H13N3OS. The van der Waals surface area contributed by atoms with E-state index >= 15 is 0 Å². The lowest BCUT2D eigenvalue weighted by atomic mass is 10.1. The fraction of sp³-hybridized carbons (Fsp3) is 0.375. The maximum absolute atomic E-state index is 10.6. The third-order valence-corrected chi connectivity index (χ3v) is 3.12. The molecule has 1 rings (SSSR count). The van der Waals surface area contributed by atoms with Crippen molar-refractivity contribution in [2.45, 2.75) is 20.4 Å². The molecule has 0 radical (unpaired) electrons. The number of nitrogens with one attached hydrogen (secondary N) is 1. The van der Waals surface area contributed by atoms with E-state index in [0.29, 0.717) is 6.54 Å². The number of anilines is 1. The lowest BCUT2D eigenvalue weighted by Gasteiger charge is -2.01. The van der Waals surface area contributed by atoms with Crippen molar-refractivity contribution < 1.29 is 4.79 Å². The van der Waals surface area contributed by atoms with Gasteiger partial charge in [0.15, 0.2) is 0 Å². The first-order valence-electron chi connectivity index (χ1n) is 3.91. The summed E-state index contributed by atoms with van der Waals surface area (Å²) in [6.45, 7) is 4.40. The third kappa shape index (κ3) is 1.99. The van der Waals surface area contributed by atoms with Gasteiger partial charge in [0.25, 0.3) is 0 Å². The van der Waals surface area contributed by atoms with Crippen LogP contribution >= 0.6 is 11.3 Å². The largest absolute Gasteiger partial charge is 0.351 e. The summed E-state index contributed by atoms with van der Waals surface area (Å²) in [6.07, 6.45) is 0. The Hall–Kier alpha value is -1.07. The van der Waals surface area contributed by atoms with Gasteiger partial charge in [-0.05, 0) is 19.4 Å². The van der Waals surface area contributed by atoms with Crippen molar-refractivity contribution in [1.29, 1.82) is 0 Å². The van der Waals surface area contributed by atoms with Crippen molar-refractivity contribution >= 4 is 22.4 Å². The molecule has 0 unspecified atom stereocenters.